The fraction of sp³-hybridized carbons (Fsp3) is 0.235. The van der Waals surface area contributed by atoms with Crippen molar-refractivity contribution in [3.8, 4) is 28.7 Å². The Balaban J connectivity index is 1.61. The molecular weight excluding hydrogens is 548 g/mol. The quantitative estimate of drug-likeness (QED) is 0.242. The number of amides is 2. The molecule has 0 fully saturated rings. The number of aryl methyl sites for hydroxylation is 1. The number of hydrogen-bond donors (Lipinski definition) is 1. The number of fused-ring (bicyclic) bond motifs is 1. The van der Waals surface area contributed by atoms with Crippen molar-refractivity contribution in [3.63, 3.8) is 0 Å². The summed E-state index contributed by atoms with van der Waals surface area (Å²) < 4.78 is 27.7. The summed E-state index contributed by atoms with van der Waals surface area (Å²) in [6, 6.07) is 24.8. The van der Waals surface area contributed by atoms with Crippen molar-refractivity contribution in [2.45, 2.75) is 25.9 Å². The van der Waals surface area contributed by atoms with Crippen LogP contribution in [0.4, 0.5) is 5.69 Å². The van der Waals surface area contributed by atoms with Gasteiger partial charge in [0.05, 0.1) is 27.8 Å². The summed E-state index contributed by atoms with van der Waals surface area (Å²) in [4.78, 5) is 30.1. The Morgan fingerprint density at radius 1 is 0.814 bits per heavy atom. The summed E-state index contributed by atoms with van der Waals surface area (Å²) in [5, 5.41) is 2.99. The first-order chi connectivity index (χ1) is 20.9. The van der Waals surface area contributed by atoms with Crippen molar-refractivity contribution < 1.29 is 33.3 Å². The smallest absolute Gasteiger partial charge is 0.251 e. The largest absolute Gasteiger partial charge is 0.493 e. The first-order valence-corrected chi connectivity index (χ1v) is 13.8. The molecule has 0 saturated heterocycles. The van der Waals surface area contributed by atoms with Crippen molar-refractivity contribution in [3.05, 3.63) is 107 Å². The van der Waals surface area contributed by atoms with Crippen LogP contribution in [0.1, 0.15) is 28.3 Å². The molecule has 0 spiro atoms. The molecule has 1 aliphatic rings. The van der Waals surface area contributed by atoms with Crippen LogP contribution in [0, 0.1) is 6.92 Å². The van der Waals surface area contributed by atoms with E-state index in [9.17, 15) is 9.59 Å². The molecular formula is C34H34N2O7. The number of benzene rings is 4. The fourth-order valence-corrected chi connectivity index (χ4v) is 5.00. The van der Waals surface area contributed by atoms with Crippen molar-refractivity contribution in [1.29, 1.82) is 0 Å². The maximum absolute atomic E-state index is 14.3. The molecule has 1 unspecified atom stereocenters. The van der Waals surface area contributed by atoms with Crippen LogP contribution in [0.2, 0.25) is 0 Å². The zero-order chi connectivity index (χ0) is 30.3. The second-order valence-corrected chi connectivity index (χ2v) is 10.1. The van der Waals surface area contributed by atoms with Crippen LogP contribution in [0.5, 0.6) is 28.7 Å². The minimum absolute atomic E-state index is 0.102. The van der Waals surface area contributed by atoms with Crippen LogP contribution in [0.3, 0.4) is 0 Å². The lowest BCUT2D eigenvalue weighted by Crippen LogP contribution is -2.41. The molecule has 1 N–H and O–H groups in total. The molecule has 4 aromatic carbocycles. The number of carbonyl (C=O) groups excluding carboxylic acids is 2. The van der Waals surface area contributed by atoms with Crippen LogP contribution in [0.15, 0.2) is 84.9 Å². The van der Waals surface area contributed by atoms with Gasteiger partial charge in [-0.25, -0.2) is 0 Å². The van der Waals surface area contributed by atoms with Crippen LogP contribution in [-0.4, -0.2) is 44.8 Å². The van der Waals surface area contributed by atoms with Gasteiger partial charge in [-0.3, -0.25) is 9.59 Å². The zero-order valence-corrected chi connectivity index (χ0v) is 24.6. The maximum atomic E-state index is 14.3. The highest BCUT2D eigenvalue weighted by molar-refractivity contribution is 5.98. The molecule has 1 atom stereocenters. The summed E-state index contributed by atoms with van der Waals surface area (Å²) >= 11 is 0. The first kappa shape index (κ1) is 29.3. The highest BCUT2D eigenvalue weighted by Gasteiger charge is 2.34. The molecule has 0 aromatic heterocycles. The van der Waals surface area contributed by atoms with Gasteiger partial charge in [0, 0.05) is 18.3 Å². The third kappa shape index (κ3) is 6.67. The van der Waals surface area contributed by atoms with Crippen molar-refractivity contribution in [2.24, 2.45) is 0 Å². The molecule has 1 aliphatic heterocycles. The second kappa shape index (κ2) is 13.2. The van der Waals surface area contributed by atoms with Crippen LogP contribution < -0.4 is 29.0 Å². The third-order valence-corrected chi connectivity index (χ3v) is 7.19. The van der Waals surface area contributed by atoms with E-state index >= 15 is 0 Å². The molecule has 5 rings (SSSR count). The second-order valence-electron chi connectivity index (χ2n) is 10.1. The number of carbonyl (C=O) groups is 2. The highest BCUT2D eigenvalue weighted by atomic mass is 16.7. The zero-order valence-electron chi connectivity index (χ0n) is 24.6. The lowest BCUT2D eigenvalue weighted by atomic mass is 10.00. The van der Waals surface area contributed by atoms with E-state index in [2.05, 4.69) is 5.32 Å². The van der Waals surface area contributed by atoms with E-state index in [1.807, 2.05) is 61.5 Å². The van der Waals surface area contributed by atoms with E-state index in [1.54, 1.807) is 35.2 Å². The average Bonchev–Trinajstić information content (AvgIpc) is 3.49. The molecule has 0 radical (unpaired) electrons. The van der Waals surface area contributed by atoms with Gasteiger partial charge in [-0.1, -0.05) is 60.2 Å². The molecule has 0 aliphatic carbocycles. The Kier molecular flexibility index (Phi) is 9.00. The summed E-state index contributed by atoms with van der Waals surface area (Å²) in [6.07, 6.45) is 0.102. The fourth-order valence-electron chi connectivity index (χ4n) is 5.00. The topological polar surface area (TPSA) is 95.6 Å². The number of nitrogens with one attached hydrogen (secondary N) is 1. The number of methoxy groups -OCH3 is 3. The number of ether oxygens (including phenoxy) is 5. The molecule has 9 nitrogen and oxygen atoms in total. The molecule has 43 heavy (non-hydrogen) atoms. The highest BCUT2D eigenvalue weighted by Crippen LogP contribution is 2.42. The molecule has 222 valence electrons. The van der Waals surface area contributed by atoms with Gasteiger partial charge < -0.3 is 33.9 Å². The SMILES string of the molecule is COc1cc(C(C(=O)Nc2ccc3c(c2)OCO3)N(Cc2ccc(C)cc2)C(=O)Cc2ccccc2)cc(OC)c1OC. The molecule has 9 heteroatoms. The van der Waals surface area contributed by atoms with E-state index in [4.69, 9.17) is 23.7 Å². The van der Waals surface area contributed by atoms with Gasteiger partial charge in [-0.15, -0.1) is 0 Å². The summed E-state index contributed by atoms with van der Waals surface area (Å²) in [5.41, 5.74) is 3.79. The van der Waals surface area contributed by atoms with Crippen molar-refractivity contribution in [1.82, 2.24) is 4.90 Å². The van der Waals surface area contributed by atoms with Crippen molar-refractivity contribution >= 4 is 17.5 Å². The number of rotatable bonds is 11. The van der Waals surface area contributed by atoms with Crippen molar-refractivity contribution in [2.75, 3.05) is 33.4 Å². The van der Waals surface area contributed by atoms with Gasteiger partial charge in [-0.2, -0.15) is 0 Å². The molecule has 0 bridgehead atoms. The number of nitrogens with zero attached hydrogens (tertiary/aromatic N) is 1. The van der Waals surface area contributed by atoms with E-state index in [0.717, 1.165) is 16.7 Å². The summed E-state index contributed by atoms with van der Waals surface area (Å²) in [7, 11) is 4.53. The molecule has 0 saturated carbocycles. The Labute approximate surface area is 250 Å². The van der Waals surface area contributed by atoms with Gasteiger partial charge >= 0.3 is 0 Å². The summed E-state index contributed by atoms with van der Waals surface area (Å²) in [5.74, 6) is 1.57. The normalized spacial score (nSPS) is 12.3. The Bertz CT molecular complexity index is 1560. The lowest BCUT2D eigenvalue weighted by Gasteiger charge is -2.32. The minimum atomic E-state index is -1.07. The lowest BCUT2D eigenvalue weighted by molar-refractivity contribution is -0.139. The van der Waals surface area contributed by atoms with E-state index in [0.29, 0.717) is 40.0 Å². The summed E-state index contributed by atoms with van der Waals surface area (Å²) in [6.45, 7) is 2.29. The first-order valence-electron chi connectivity index (χ1n) is 13.8. The van der Waals surface area contributed by atoms with Gasteiger partial charge in [0.1, 0.15) is 6.04 Å². The van der Waals surface area contributed by atoms with E-state index < -0.39 is 11.9 Å². The monoisotopic (exact) mass is 582 g/mol. The molecule has 2 amide bonds. The predicted molar refractivity (Wildman–Crippen MR) is 162 cm³/mol. The van der Waals surface area contributed by atoms with E-state index in [1.165, 1.54) is 21.3 Å². The Hall–Kier alpha value is -5.18. The predicted octanol–water partition coefficient (Wildman–Crippen LogP) is 5.70. The third-order valence-electron chi connectivity index (χ3n) is 7.19. The molecule has 4 aromatic rings. The van der Waals surface area contributed by atoms with Gasteiger partial charge in [0.15, 0.2) is 23.0 Å². The Morgan fingerprint density at radius 2 is 1.49 bits per heavy atom. The standard InChI is InChI=1S/C34H34N2O7/c1-22-10-12-24(13-11-22)20-36(31(37)16-23-8-6-5-7-9-23)32(25-17-29(39-2)33(41-4)30(18-25)40-3)34(38)35-26-14-15-27-28(19-26)43-21-42-27/h5-15,17-19,32H,16,20-21H2,1-4H3,(H,35,38). The van der Waals surface area contributed by atoms with Crippen LogP contribution in [-0.2, 0) is 22.6 Å². The van der Waals surface area contributed by atoms with Gasteiger partial charge in [-0.05, 0) is 47.9 Å². The average molecular weight is 583 g/mol. The maximum Gasteiger partial charge on any atom is 0.251 e. The van der Waals surface area contributed by atoms with Crippen LogP contribution in [0.25, 0.3) is 0 Å². The van der Waals surface area contributed by atoms with Gasteiger partial charge in [0.2, 0.25) is 18.4 Å². The Morgan fingerprint density at radius 3 is 2.14 bits per heavy atom. The molecule has 1 heterocycles. The number of hydrogen-bond acceptors (Lipinski definition) is 7. The number of anilines is 1. The van der Waals surface area contributed by atoms with Crippen LogP contribution >= 0.6 is 0 Å². The van der Waals surface area contributed by atoms with Gasteiger partial charge in [0.25, 0.3) is 5.91 Å². The van der Waals surface area contributed by atoms with E-state index in [-0.39, 0.29) is 25.7 Å². The minimum Gasteiger partial charge on any atom is -0.493 e.